The van der Waals surface area contributed by atoms with Gasteiger partial charge >= 0.3 is 5.97 Å². The van der Waals surface area contributed by atoms with Crippen LogP contribution in [0.5, 0.6) is 0 Å². The molecule has 4 rings (SSSR count). The molecule has 1 amide bonds. The number of nitrogens with one attached hydrogen (secondary N) is 1. The van der Waals surface area contributed by atoms with E-state index in [1.165, 1.54) is 18.1 Å². The highest BCUT2D eigenvalue weighted by molar-refractivity contribution is 6.76. The molecule has 1 aromatic carbocycles. The molecule has 4 aromatic rings. The van der Waals surface area contributed by atoms with Crippen LogP contribution < -0.4 is 5.32 Å². The third kappa shape index (κ3) is 5.86. The lowest BCUT2D eigenvalue weighted by molar-refractivity contribution is 0.0600. The molecule has 0 fully saturated rings. The molecule has 0 saturated heterocycles. The van der Waals surface area contributed by atoms with Gasteiger partial charge in [0.05, 0.1) is 25.0 Å². The van der Waals surface area contributed by atoms with Gasteiger partial charge in [-0.25, -0.2) is 14.8 Å². The zero-order valence-corrected chi connectivity index (χ0v) is 22.1. The average Bonchev–Trinajstić information content (AvgIpc) is 3.44. The van der Waals surface area contributed by atoms with Gasteiger partial charge in [0.2, 0.25) is 5.82 Å². The molecule has 0 aliphatic rings. The summed E-state index contributed by atoms with van der Waals surface area (Å²) in [5.41, 5.74) is 2.66. The lowest BCUT2D eigenvalue weighted by atomic mass is 10.2. The maximum atomic E-state index is 12.6. The van der Waals surface area contributed by atoms with Gasteiger partial charge in [-0.05, 0) is 42.4 Å². The van der Waals surface area contributed by atoms with Crippen molar-refractivity contribution < 1.29 is 19.1 Å². The first-order valence-corrected chi connectivity index (χ1v) is 15.3. The summed E-state index contributed by atoms with van der Waals surface area (Å²) in [4.78, 5) is 33.4. The number of hydrogen-bond donors (Lipinski definition) is 1. The maximum Gasteiger partial charge on any atom is 0.337 e. The zero-order valence-electron chi connectivity index (χ0n) is 21.1. The first kappa shape index (κ1) is 25.3. The minimum atomic E-state index is -1.23. The lowest BCUT2D eigenvalue weighted by Crippen LogP contribution is -2.21. The number of hydrogen-bond acceptors (Lipinski definition) is 7. The summed E-state index contributed by atoms with van der Waals surface area (Å²) in [5, 5.41) is 7.66. The number of anilines is 1. The van der Waals surface area contributed by atoms with Crippen LogP contribution in [-0.4, -0.2) is 58.0 Å². The van der Waals surface area contributed by atoms with Gasteiger partial charge in [0.1, 0.15) is 17.8 Å². The molecule has 3 heterocycles. The number of carbonyl (C=O) groups is 2. The van der Waals surface area contributed by atoms with Crippen LogP contribution in [0.4, 0.5) is 5.82 Å². The summed E-state index contributed by atoms with van der Waals surface area (Å²) in [6.45, 7) is 7.98. The number of pyridine rings is 1. The van der Waals surface area contributed by atoms with Crippen LogP contribution >= 0.6 is 0 Å². The molecule has 0 atom stereocenters. The summed E-state index contributed by atoms with van der Waals surface area (Å²) in [5.74, 6) is -0.472. The molecule has 3 aromatic heterocycles. The number of aromatic nitrogens is 5. The van der Waals surface area contributed by atoms with Crippen molar-refractivity contribution in [3.8, 4) is 5.69 Å². The second kappa shape index (κ2) is 10.4. The third-order valence-electron chi connectivity index (χ3n) is 5.54. The van der Waals surface area contributed by atoms with E-state index in [0.717, 1.165) is 22.8 Å². The predicted octanol–water partition coefficient (Wildman–Crippen LogP) is 4.05. The van der Waals surface area contributed by atoms with Crippen LogP contribution in [0.25, 0.3) is 16.7 Å². The summed E-state index contributed by atoms with van der Waals surface area (Å²) in [6.07, 6.45) is 1.46. The quantitative estimate of drug-likeness (QED) is 0.207. The number of benzene rings is 1. The Hall–Kier alpha value is -3.83. The number of nitrogens with zero attached hydrogens (tertiary/aromatic N) is 5. The largest absolute Gasteiger partial charge is 0.465 e. The van der Waals surface area contributed by atoms with E-state index in [9.17, 15) is 9.59 Å². The van der Waals surface area contributed by atoms with Crippen molar-refractivity contribution in [3.05, 3.63) is 65.9 Å². The standard InChI is InChI=1S/C25H30N6O4Si/c1-30-16-26-22(29-30)24(32)28-21-10-9-17-13-20(15-35-11-12-36(3,4)5)31(23(17)27-21)19-8-6-7-18(14-19)25(33)34-2/h6-10,13-14,16H,11-12,15H2,1-5H3,(H,27,28,32). The number of ether oxygens (including phenoxy) is 2. The van der Waals surface area contributed by atoms with Gasteiger partial charge in [-0.2, -0.15) is 0 Å². The predicted molar refractivity (Wildman–Crippen MR) is 139 cm³/mol. The second-order valence-corrected chi connectivity index (χ2v) is 15.3. The molecular formula is C25H30N6O4Si. The van der Waals surface area contributed by atoms with E-state index in [2.05, 4.69) is 35.0 Å². The highest BCUT2D eigenvalue weighted by Crippen LogP contribution is 2.26. The Morgan fingerprint density at radius 3 is 2.61 bits per heavy atom. The van der Waals surface area contributed by atoms with Crippen LogP contribution in [0.3, 0.4) is 0 Å². The van der Waals surface area contributed by atoms with E-state index < -0.39 is 20.0 Å². The first-order valence-electron chi connectivity index (χ1n) is 11.6. The molecule has 36 heavy (non-hydrogen) atoms. The smallest absolute Gasteiger partial charge is 0.337 e. The molecule has 0 unspecified atom stereocenters. The summed E-state index contributed by atoms with van der Waals surface area (Å²) >= 11 is 0. The van der Waals surface area contributed by atoms with Crippen LogP contribution in [0, 0.1) is 0 Å². The molecule has 0 aliphatic carbocycles. The number of amides is 1. The fourth-order valence-electron chi connectivity index (χ4n) is 3.66. The van der Waals surface area contributed by atoms with Gasteiger partial charge in [-0.15, -0.1) is 5.10 Å². The fourth-order valence-corrected chi connectivity index (χ4v) is 4.41. The topological polar surface area (TPSA) is 113 Å². The molecule has 188 valence electrons. The van der Waals surface area contributed by atoms with E-state index in [1.54, 1.807) is 31.3 Å². The van der Waals surface area contributed by atoms with Crippen molar-refractivity contribution in [2.75, 3.05) is 19.0 Å². The number of methoxy groups -OCH3 is 1. The number of aryl methyl sites for hydroxylation is 1. The number of fused-ring (bicyclic) bond motifs is 1. The van der Waals surface area contributed by atoms with Gasteiger partial charge in [0.25, 0.3) is 5.91 Å². The number of esters is 1. The minimum Gasteiger partial charge on any atom is -0.465 e. The van der Waals surface area contributed by atoms with Crippen molar-refractivity contribution in [1.82, 2.24) is 24.3 Å². The fraction of sp³-hybridized carbons (Fsp3) is 0.320. The van der Waals surface area contributed by atoms with Gasteiger partial charge in [0.15, 0.2) is 0 Å². The number of rotatable bonds is 9. The van der Waals surface area contributed by atoms with E-state index in [-0.39, 0.29) is 5.82 Å². The molecule has 10 nitrogen and oxygen atoms in total. The monoisotopic (exact) mass is 506 g/mol. The van der Waals surface area contributed by atoms with Crippen molar-refractivity contribution >= 4 is 36.8 Å². The lowest BCUT2D eigenvalue weighted by Gasteiger charge is -2.16. The highest BCUT2D eigenvalue weighted by atomic mass is 28.3. The molecule has 0 bridgehead atoms. The number of carbonyl (C=O) groups excluding carboxylic acids is 2. The Kier molecular flexibility index (Phi) is 7.31. The Labute approximate surface area is 210 Å². The van der Waals surface area contributed by atoms with E-state index in [4.69, 9.17) is 14.5 Å². The first-order chi connectivity index (χ1) is 17.1. The summed E-state index contributed by atoms with van der Waals surface area (Å²) in [7, 11) is 1.82. The molecule has 0 spiro atoms. The van der Waals surface area contributed by atoms with Crippen LogP contribution in [0.1, 0.15) is 26.7 Å². The normalized spacial score (nSPS) is 11.6. The molecule has 11 heteroatoms. The van der Waals surface area contributed by atoms with Crippen molar-refractivity contribution in [3.63, 3.8) is 0 Å². The SMILES string of the molecule is COC(=O)c1cccc(-n2c(COCC[Si](C)(C)C)cc3ccc(NC(=O)c4ncn(C)n4)nc32)c1. The van der Waals surface area contributed by atoms with Gasteiger partial charge in [-0.1, -0.05) is 25.7 Å². The highest BCUT2D eigenvalue weighted by Gasteiger charge is 2.18. The van der Waals surface area contributed by atoms with E-state index >= 15 is 0 Å². The van der Waals surface area contributed by atoms with Gasteiger partial charge in [0, 0.05) is 32.8 Å². The average molecular weight is 507 g/mol. The second-order valence-electron chi connectivity index (χ2n) is 9.68. The minimum absolute atomic E-state index is 0.0528. The molecule has 0 saturated carbocycles. The van der Waals surface area contributed by atoms with Crippen LogP contribution in [0.2, 0.25) is 25.7 Å². The molecule has 1 N–H and O–H groups in total. The Morgan fingerprint density at radius 2 is 1.92 bits per heavy atom. The molecule has 0 radical (unpaired) electrons. The summed E-state index contributed by atoms with van der Waals surface area (Å²) in [6, 6.07) is 13.8. The van der Waals surface area contributed by atoms with Gasteiger partial charge < -0.3 is 14.8 Å². The van der Waals surface area contributed by atoms with Crippen molar-refractivity contribution in [2.24, 2.45) is 7.05 Å². The third-order valence-corrected chi connectivity index (χ3v) is 7.25. The van der Waals surface area contributed by atoms with E-state index in [1.807, 2.05) is 22.8 Å². The molecular weight excluding hydrogens is 476 g/mol. The Balaban J connectivity index is 1.71. The van der Waals surface area contributed by atoms with Crippen molar-refractivity contribution in [1.29, 1.82) is 0 Å². The molecule has 0 aliphatic heterocycles. The Morgan fingerprint density at radius 1 is 1.11 bits per heavy atom. The zero-order chi connectivity index (χ0) is 25.9. The van der Waals surface area contributed by atoms with Gasteiger partial charge in [-0.3, -0.25) is 14.0 Å². The maximum absolute atomic E-state index is 12.6. The van der Waals surface area contributed by atoms with Crippen LogP contribution in [0.15, 0.2) is 48.8 Å². The summed E-state index contributed by atoms with van der Waals surface area (Å²) < 4.78 is 14.3. The van der Waals surface area contributed by atoms with Crippen molar-refractivity contribution in [2.45, 2.75) is 32.3 Å². The van der Waals surface area contributed by atoms with Crippen LogP contribution in [-0.2, 0) is 23.1 Å². The van der Waals surface area contributed by atoms with E-state index in [0.29, 0.717) is 30.2 Å². The Bertz CT molecular complexity index is 1410.